The van der Waals surface area contributed by atoms with E-state index in [1.54, 1.807) is 13.0 Å². The van der Waals surface area contributed by atoms with Gasteiger partial charge >= 0.3 is 0 Å². The number of hydrogen-bond donors (Lipinski definition) is 1. The fourth-order valence-electron chi connectivity index (χ4n) is 2.22. The second kappa shape index (κ2) is 6.83. The van der Waals surface area contributed by atoms with Crippen molar-refractivity contribution in [2.75, 3.05) is 0 Å². The smallest absolute Gasteiger partial charge is 0.272 e. The summed E-state index contributed by atoms with van der Waals surface area (Å²) in [4.78, 5) is 10.6. The molecule has 0 spiro atoms. The fraction of sp³-hybridized carbons (Fsp3) is 0.250. The Morgan fingerprint density at radius 2 is 2.00 bits per heavy atom. The van der Waals surface area contributed by atoms with Crippen molar-refractivity contribution in [2.24, 2.45) is 0 Å². The van der Waals surface area contributed by atoms with Crippen molar-refractivity contribution in [3.8, 4) is 0 Å². The molecule has 2 rings (SSSR count). The van der Waals surface area contributed by atoms with Crippen LogP contribution in [0.15, 0.2) is 46.9 Å². The Morgan fingerprint density at radius 1 is 1.29 bits per heavy atom. The number of hydrogen-bond acceptors (Lipinski definition) is 3. The summed E-state index contributed by atoms with van der Waals surface area (Å²) in [5, 5.41) is 14.4. The van der Waals surface area contributed by atoms with Crippen LogP contribution in [0.2, 0.25) is 0 Å². The van der Waals surface area contributed by atoms with Gasteiger partial charge in [0.1, 0.15) is 0 Å². The topological polar surface area (TPSA) is 55.2 Å². The predicted molar refractivity (Wildman–Crippen MR) is 87.2 cm³/mol. The molecule has 4 nitrogen and oxygen atoms in total. The maximum atomic E-state index is 11.0. The fourth-order valence-corrected chi connectivity index (χ4v) is 2.63. The largest absolute Gasteiger partial charge is 0.306 e. The van der Waals surface area contributed by atoms with Crippen molar-refractivity contribution in [3.05, 3.63) is 73.7 Å². The Bertz CT molecular complexity index is 658. The quantitative estimate of drug-likeness (QED) is 0.638. The van der Waals surface area contributed by atoms with Crippen LogP contribution >= 0.6 is 15.9 Å². The molecule has 0 saturated carbocycles. The zero-order valence-corrected chi connectivity index (χ0v) is 13.6. The Balaban J connectivity index is 2.10. The minimum Gasteiger partial charge on any atom is -0.306 e. The first-order valence-electron chi connectivity index (χ1n) is 6.70. The van der Waals surface area contributed by atoms with Crippen LogP contribution in [0.4, 0.5) is 5.69 Å². The van der Waals surface area contributed by atoms with Crippen LogP contribution in [0.3, 0.4) is 0 Å². The van der Waals surface area contributed by atoms with E-state index in [9.17, 15) is 10.1 Å². The van der Waals surface area contributed by atoms with Gasteiger partial charge in [0, 0.05) is 28.7 Å². The van der Waals surface area contributed by atoms with Gasteiger partial charge in [0.2, 0.25) is 0 Å². The molecule has 0 unspecified atom stereocenters. The zero-order valence-electron chi connectivity index (χ0n) is 12.0. The van der Waals surface area contributed by atoms with Crippen LogP contribution in [0.1, 0.15) is 29.7 Å². The van der Waals surface area contributed by atoms with E-state index in [4.69, 9.17) is 0 Å². The number of nitro benzene ring substituents is 1. The average Bonchev–Trinajstić information content (AvgIpc) is 2.45. The van der Waals surface area contributed by atoms with Crippen LogP contribution in [0.25, 0.3) is 0 Å². The van der Waals surface area contributed by atoms with Crippen LogP contribution in [0, 0.1) is 17.0 Å². The van der Waals surface area contributed by atoms with Crippen LogP contribution < -0.4 is 5.32 Å². The van der Waals surface area contributed by atoms with Crippen LogP contribution in [0.5, 0.6) is 0 Å². The highest BCUT2D eigenvalue weighted by Crippen LogP contribution is 2.22. The van der Waals surface area contributed by atoms with E-state index >= 15 is 0 Å². The van der Waals surface area contributed by atoms with Gasteiger partial charge in [-0.05, 0) is 37.1 Å². The van der Waals surface area contributed by atoms with Crippen LogP contribution in [-0.2, 0) is 6.54 Å². The summed E-state index contributed by atoms with van der Waals surface area (Å²) in [5.41, 5.74) is 3.01. The van der Waals surface area contributed by atoms with Crippen molar-refractivity contribution in [1.82, 2.24) is 5.32 Å². The highest BCUT2D eigenvalue weighted by molar-refractivity contribution is 9.10. The summed E-state index contributed by atoms with van der Waals surface area (Å²) in [5.74, 6) is 0. The third-order valence-electron chi connectivity index (χ3n) is 3.56. The molecule has 21 heavy (non-hydrogen) atoms. The molecule has 110 valence electrons. The third-order valence-corrected chi connectivity index (χ3v) is 4.05. The van der Waals surface area contributed by atoms with Gasteiger partial charge in [-0.15, -0.1) is 0 Å². The molecule has 0 aromatic heterocycles. The summed E-state index contributed by atoms with van der Waals surface area (Å²) in [7, 11) is 0. The van der Waals surface area contributed by atoms with Gasteiger partial charge in [0.15, 0.2) is 0 Å². The lowest BCUT2D eigenvalue weighted by molar-refractivity contribution is -0.385. The number of benzene rings is 2. The van der Waals surface area contributed by atoms with E-state index in [0.717, 1.165) is 15.6 Å². The molecule has 5 heteroatoms. The molecule has 0 amide bonds. The van der Waals surface area contributed by atoms with Gasteiger partial charge in [-0.1, -0.05) is 40.2 Å². The molecule has 1 N–H and O–H groups in total. The summed E-state index contributed by atoms with van der Waals surface area (Å²) >= 11 is 3.46. The molecule has 0 aliphatic heterocycles. The summed E-state index contributed by atoms with van der Waals surface area (Å²) in [6.07, 6.45) is 0. The molecular weight excluding hydrogens is 332 g/mol. The molecule has 2 aromatic rings. The van der Waals surface area contributed by atoms with E-state index in [2.05, 4.69) is 40.3 Å². The van der Waals surface area contributed by atoms with Gasteiger partial charge in [-0.3, -0.25) is 10.1 Å². The monoisotopic (exact) mass is 348 g/mol. The predicted octanol–water partition coefficient (Wildman–Crippen LogP) is 4.52. The molecule has 0 aliphatic rings. The summed E-state index contributed by atoms with van der Waals surface area (Å²) in [6.45, 7) is 4.47. The Kier molecular flexibility index (Phi) is 5.09. The van der Waals surface area contributed by atoms with E-state index < -0.39 is 0 Å². The molecule has 0 radical (unpaired) electrons. The van der Waals surface area contributed by atoms with Crippen molar-refractivity contribution in [1.29, 1.82) is 0 Å². The van der Waals surface area contributed by atoms with Crippen molar-refractivity contribution >= 4 is 21.6 Å². The first kappa shape index (κ1) is 15.7. The normalized spacial score (nSPS) is 12.1. The second-order valence-electron chi connectivity index (χ2n) is 4.98. The van der Waals surface area contributed by atoms with Crippen molar-refractivity contribution in [3.63, 3.8) is 0 Å². The maximum Gasteiger partial charge on any atom is 0.272 e. The average molecular weight is 349 g/mol. The SMILES string of the molecule is Cc1c(CN[C@@H](C)c2cccc(Br)c2)cccc1[N+](=O)[O-]. The molecule has 0 aliphatic carbocycles. The molecule has 1 atom stereocenters. The van der Waals surface area contributed by atoms with E-state index in [1.165, 1.54) is 11.6 Å². The highest BCUT2D eigenvalue weighted by atomic mass is 79.9. The third kappa shape index (κ3) is 3.89. The van der Waals surface area contributed by atoms with Crippen molar-refractivity contribution in [2.45, 2.75) is 26.4 Å². The zero-order chi connectivity index (χ0) is 15.4. The number of rotatable bonds is 5. The molecular formula is C16H17BrN2O2. The summed E-state index contributed by atoms with van der Waals surface area (Å²) < 4.78 is 1.04. The number of nitro groups is 1. The Hall–Kier alpha value is -1.72. The molecule has 0 bridgehead atoms. The molecule has 0 fully saturated rings. The lowest BCUT2D eigenvalue weighted by Crippen LogP contribution is -2.18. The first-order valence-corrected chi connectivity index (χ1v) is 7.50. The molecule has 0 heterocycles. The Labute approximate surface area is 132 Å². The Morgan fingerprint density at radius 3 is 2.67 bits per heavy atom. The lowest BCUT2D eigenvalue weighted by Gasteiger charge is -2.15. The summed E-state index contributed by atoms with van der Waals surface area (Å²) in [6, 6.07) is 13.5. The van der Waals surface area contributed by atoms with Crippen molar-refractivity contribution < 1.29 is 4.92 Å². The van der Waals surface area contributed by atoms with Gasteiger partial charge in [0.05, 0.1) is 4.92 Å². The van der Waals surface area contributed by atoms with Gasteiger partial charge in [-0.25, -0.2) is 0 Å². The van der Waals surface area contributed by atoms with E-state index in [0.29, 0.717) is 6.54 Å². The maximum absolute atomic E-state index is 11.0. The molecule has 0 saturated heterocycles. The van der Waals surface area contributed by atoms with Gasteiger partial charge < -0.3 is 5.32 Å². The minimum absolute atomic E-state index is 0.168. The number of nitrogens with one attached hydrogen (secondary N) is 1. The van der Waals surface area contributed by atoms with Crippen LogP contribution in [-0.4, -0.2) is 4.92 Å². The lowest BCUT2D eigenvalue weighted by atomic mass is 10.1. The highest BCUT2D eigenvalue weighted by Gasteiger charge is 2.13. The standard InChI is InChI=1S/C16H17BrN2O2/c1-11-14(6-4-8-16(11)19(20)21)10-18-12(2)13-5-3-7-15(17)9-13/h3-9,12,18H,10H2,1-2H3/t12-/m0/s1. The van der Waals surface area contributed by atoms with E-state index in [-0.39, 0.29) is 16.7 Å². The van der Waals surface area contributed by atoms with Gasteiger partial charge in [-0.2, -0.15) is 0 Å². The number of nitrogens with zero attached hydrogens (tertiary/aromatic N) is 1. The van der Waals surface area contributed by atoms with Gasteiger partial charge in [0.25, 0.3) is 5.69 Å². The first-order chi connectivity index (χ1) is 9.99. The number of halogens is 1. The molecule has 2 aromatic carbocycles. The second-order valence-corrected chi connectivity index (χ2v) is 5.89. The van der Waals surface area contributed by atoms with E-state index in [1.807, 2.05) is 18.2 Å². The minimum atomic E-state index is -0.337.